The minimum absolute atomic E-state index is 0.0393. The number of pyridine rings is 1. The molecular formula is C20H18N10. The molecule has 1 aliphatic heterocycles. The summed E-state index contributed by atoms with van der Waals surface area (Å²) in [7, 11) is 1.95. The number of hydrogen-bond acceptors (Lipinski definition) is 8. The minimum atomic E-state index is -0.0393. The summed E-state index contributed by atoms with van der Waals surface area (Å²) in [6, 6.07) is 13.1. The maximum atomic E-state index is 9.12. The molecule has 10 heteroatoms. The summed E-state index contributed by atoms with van der Waals surface area (Å²) in [5, 5.41) is 31.0. The Morgan fingerprint density at radius 2 is 2.07 bits per heavy atom. The maximum absolute atomic E-state index is 9.12. The lowest BCUT2D eigenvalue weighted by molar-refractivity contribution is 0.639. The van der Waals surface area contributed by atoms with Crippen molar-refractivity contribution in [1.82, 2.24) is 40.0 Å². The number of hydrogen-bond donors (Lipinski definition) is 0. The normalized spacial score (nSPS) is 16.0. The van der Waals surface area contributed by atoms with Gasteiger partial charge in [-0.2, -0.15) is 5.26 Å². The van der Waals surface area contributed by atoms with Crippen molar-refractivity contribution in [2.45, 2.75) is 18.9 Å². The highest BCUT2D eigenvalue weighted by Gasteiger charge is 2.33. The van der Waals surface area contributed by atoms with Crippen LogP contribution in [0.15, 0.2) is 48.8 Å². The SMILES string of the molecule is Cn1c(-c2cccnc2)nnc1N1CCC[C@@H]1c1nnn(-c2cccc(C#N)c2)n1. The largest absolute Gasteiger partial charge is 0.330 e. The number of tetrazole rings is 1. The number of nitriles is 1. The molecule has 0 saturated carbocycles. The van der Waals surface area contributed by atoms with Gasteiger partial charge in [-0.1, -0.05) is 6.07 Å². The van der Waals surface area contributed by atoms with Crippen LogP contribution in [0.25, 0.3) is 17.1 Å². The second kappa shape index (κ2) is 7.36. The zero-order valence-corrected chi connectivity index (χ0v) is 16.3. The van der Waals surface area contributed by atoms with Gasteiger partial charge >= 0.3 is 0 Å². The van der Waals surface area contributed by atoms with Gasteiger partial charge in [-0.15, -0.1) is 25.2 Å². The van der Waals surface area contributed by atoms with E-state index in [0.29, 0.717) is 17.1 Å². The van der Waals surface area contributed by atoms with E-state index in [2.05, 4.69) is 41.6 Å². The van der Waals surface area contributed by atoms with Crippen LogP contribution in [-0.4, -0.2) is 46.5 Å². The Morgan fingerprint density at radius 1 is 1.13 bits per heavy atom. The van der Waals surface area contributed by atoms with Crippen molar-refractivity contribution in [3.05, 3.63) is 60.2 Å². The molecule has 0 spiro atoms. The smallest absolute Gasteiger partial charge is 0.227 e. The molecule has 10 nitrogen and oxygen atoms in total. The Labute approximate surface area is 172 Å². The second-order valence-corrected chi connectivity index (χ2v) is 7.07. The molecule has 0 N–H and O–H groups in total. The Bertz CT molecular complexity index is 1220. The molecule has 30 heavy (non-hydrogen) atoms. The summed E-state index contributed by atoms with van der Waals surface area (Å²) in [5.74, 6) is 2.15. The van der Waals surface area contributed by atoms with Crippen molar-refractivity contribution in [3.63, 3.8) is 0 Å². The van der Waals surface area contributed by atoms with Crippen molar-refractivity contribution in [1.29, 1.82) is 5.26 Å². The second-order valence-electron chi connectivity index (χ2n) is 7.07. The van der Waals surface area contributed by atoms with E-state index in [1.165, 1.54) is 4.80 Å². The molecule has 1 aromatic carbocycles. The molecule has 1 atom stereocenters. The van der Waals surface area contributed by atoms with Gasteiger partial charge in [-0.05, 0) is 48.4 Å². The summed E-state index contributed by atoms with van der Waals surface area (Å²) in [4.78, 5) is 7.80. The van der Waals surface area contributed by atoms with E-state index in [4.69, 9.17) is 5.26 Å². The third-order valence-corrected chi connectivity index (χ3v) is 5.21. The van der Waals surface area contributed by atoms with Crippen LogP contribution in [0, 0.1) is 11.3 Å². The van der Waals surface area contributed by atoms with Crippen LogP contribution in [0.3, 0.4) is 0 Å². The quantitative estimate of drug-likeness (QED) is 0.513. The summed E-state index contributed by atoms with van der Waals surface area (Å²) in [6.45, 7) is 0.835. The minimum Gasteiger partial charge on any atom is -0.330 e. The molecule has 1 aliphatic rings. The van der Waals surface area contributed by atoms with E-state index in [1.807, 2.05) is 29.8 Å². The number of benzene rings is 1. The lowest BCUT2D eigenvalue weighted by atomic mass is 10.2. The molecule has 0 bridgehead atoms. The first-order chi connectivity index (χ1) is 14.7. The Morgan fingerprint density at radius 3 is 2.90 bits per heavy atom. The number of nitrogens with zero attached hydrogens (tertiary/aromatic N) is 10. The molecule has 3 aromatic heterocycles. The maximum Gasteiger partial charge on any atom is 0.227 e. The standard InChI is InChI=1S/C20H18N10/c1-28-19(15-6-3-9-22-13-15)24-25-20(28)29-10-4-8-17(29)18-23-27-30(26-18)16-7-2-5-14(11-16)12-21/h2-3,5-7,9,11,13,17H,4,8,10H2,1H3/t17-/m1/s1. The summed E-state index contributed by atoms with van der Waals surface area (Å²) in [6.07, 6.45) is 5.41. The van der Waals surface area contributed by atoms with Gasteiger partial charge in [0, 0.05) is 31.5 Å². The van der Waals surface area contributed by atoms with E-state index in [0.717, 1.165) is 36.7 Å². The Balaban J connectivity index is 1.45. The van der Waals surface area contributed by atoms with Crippen LogP contribution in [0.5, 0.6) is 0 Å². The van der Waals surface area contributed by atoms with Gasteiger partial charge in [0.1, 0.15) is 0 Å². The lowest BCUT2D eigenvalue weighted by Crippen LogP contribution is -2.26. The zero-order valence-electron chi connectivity index (χ0n) is 16.3. The third-order valence-electron chi connectivity index (χ3n) is 5.21. The van der Waals surface area contributed by atoms with Crippen LogP contribution in [0.1, 0.15) is 30.3 Å². The van der Waals surface area contributed by atoms with E-state index in [-0.39, 0.29) is 6.04 Å². The average Bonchev–Trinajstić information content (AvgIpc) is 3.53. The van der Waals surface area contributed by atoms with Gasteiger partial charge in [0.05, 0.1) is 23.4 Å². The highest BCUT2D eigenvalue weighted by Crippen LogP contribution is 2.34. The van der Waals surface area contributed by atoms with Gasteiger partial charge in [-0.3, -0.25) is 9.55 Å². The zero-order chi connectivity index (χ0) is 20.5. The van der Waals surface area contributed by atoms with E-state index >= 15 is 0 Å². The van der Waals surface area contributed by atoms with Crippen molar-refractivity contribution in [3.8, 4) is 23.1 Å². The highest BCUT2D eigenvalue weighted by atomic mass is 15.6. The fourth-order valence-corrected chi connectivity index (χ4v) is 3.76. The fraction of sp³-hybridized carbons (Fsp3) is 0.250. The molecule has 0 amide bonds. The molecule has 0 aliphatic carbocycles. The molecule has 0 unspecified atom stereocenters. The molecule has 0 radical (unpaired) electrons. The monoisotopic (exact) mass is 398 g/mol. The molecule has 148 valence electrons. The summed E-state index contributed by atoms with van der Waals surface area (Å²) < 4.78 is 1.97. The first-order valence-electron chi connectivity index (χ1n) is 9.61. The molecule has 4 aromatic rings. The number of anilines is 1. The van der Waals surface area contributed by atoms with E-state index in [1.54, 1.807) is 30.6 Å². The van der Waals surface area contributed by atoms with Gasteiger partial charge in [0.15, 0.2) is 11.6 Å². The van der Waals surface area contributed by atoms with Crippen molar-refractivity contribution in [2.75, 3.05) is 11.4 Å². The first-order valence-corrected chi connectivity index (χ1v) is 9.61. The summed E-state index contributed by atoms with van der Waals surface area (Å²) in [5.41, 5.74) is 2.17. The molecule has 5 rings (SSSR count). The highest BCUT2D eigenvalue weighted by molar-refractivity contribution is 5.56. The number of aromatic nitrogens is 8. The van der Waals surface area contributed by atoms with Crippen molar-refractivity contribution in [2.24, 2.45) is 7.05 Å². The van der Waals surface area contributed by atoms with E-state index < -0.39 is 0 Å². The van der Waals surface area contributed by atoms with Crippen LogP contribution in [-0.2, 0) is 7.05 Å². The van der Waals surface area contributed by atoms with Gasteiger partial charge in [0.25, 0.3) is 0 Å². The molecule has 1 fully saturated rings. The first kappa shape index (κ1) is 17.9. The molecule has 1 saturated heterocycles. The Hall–Kier alpha value is -4.13. The fourth-order valence-electron chi connectivity index (χ4n) is 3.76. The predicted molar refractivity (Wildman–Crippen MR) is 107 cm³/mol. The third kappa shape index (κ3) is 3.06. The van der Waals surface area contributed by atoms with Crippen molar-refractivity contribution >= 4 is 5.95 Å². The number of rotatable bonds is 4. The molecule has 4 heterocycles. The van der Waals surface area contributed by atoms with Crippen LogP contribution >= 0.6 is 0 Å². The van der Waals surface area contributed by atoms with Gasteiger partial charge in [-0.25, -0.2) is 0 Å². The van der Waals surface area contributed by atoms with Gasteiger partial charge < -0.3 is 4.90 Å². The molecular weight excluding hydrogens is 380 g/mol. The van der Waals surface area contributed by atoms with Crippen LogP contribution in [0.2, 0.25) is 0 Å². The predicted octanol–water partition coefficient (Wildman–Crippen LogP) is 2.07. The van der Waals surface area contributed by atoms with Crippen LogP contribution in [0.4, 0.5) is 5.95 Å². The van der Waals surface area contributed by atoms with Gasteiger partial charge in [0.2, 0.25) is 5.95 Å². The lowest BCUT2D eigenvalue weighted by Gasteiger charge is -2.22. The van der Waals surface area contributed by atoms with Crippen molar-refractivity contribution < 1.29 is 0 Å². The van der Waals surface area contributed by atoms with E-state index in [9.17, 15) is 0 Å². The topological polar surface area (TPSA) is 114 Å². The Kier molecular flexibility index (Phi) is 4.40. The van der Waals surface area contributed by atoms with Crippen LogP contribution < -0.4 is 4.90 Å². The summed E-state index contributed by atoms with van der Waals surface area (Å²) >= 11 is 0. The average molecular weight is 398 g/mol.